The Hall–Kier alpha value is -3.89. The summed E-state index contributed by atoms with van der Waals surface area (Å²) >= 11 is 0. The Labute approximate surface area is 188 Å². The summed E-state index contributed by atoms with van der Waals surface area (Å²) in [6.45, 7) is 2.81. The van der Waals surface area contributed by atoms with Crippen LogP contribution in [0.2, 0.25) is 0 Å². The quantitative estimate of drug-likeness (QED) is 0.220. The predicted octanol–water partition coefficient (Wildman–Crippen LogP) is 3.50. The number of ether oxygens (including phenoxy) is 1. The van der Waals surface area contributed by atoms with Gasteiger partial charge in [-0.25, -0.2) is 9.97 Å². The number of aldehydes is 1. The Morgan fingerprint density at radius 1 is 1.30 bits per heavy atom. The summed E-state index contributed by atoms with van der Waals surface area (Å²) in [4.78, 5) is 34.9. The number of anilines is 1. The number of halogens is 2. The van der Waals surface area contributed by atoms with Gasteiger partial charge in [-0.1, -0.05) is 0 Å². The number of nitrogens with one attached hydrogen (secondary N) is 4. The number of fused-ring (bicyclic) bond motifs is 1. The maximum absolute atomic E-state index is 12.7. The summed E-state index contributed by atoms with van der Waals surface area (Å²) in [7, 11) is 0. The highest BCUT2D eigenvalue weighted by molar-refractivity contribution is 6.14. The summed E-state index contributed by atoms with van der Waals surface area (Å²) in [6, 6.07) is 4.10. The first-order valence-electron chi connectivity index (χ1n) is 10.1. The van der Waals surface area contributed by atoms with Crippen LogP contribution in [0.25, 0.3) is 11.2 Å². The fourth-order valence-electron chi connectivity index (χ4n) is 3.06. The molecule has 0 saturated carbocycles. The third-order valence-corrected chi connectivity index (χ3v) is 4.43. The van der Waals surface area contributed by atoms with Gasteiger partial charge in [0, 0.05) is 36.0 Å². The number of carbonyl (C=O) groups excluding carboxylic acids is 2. The molecule has 0 fully saturated rings. The summed E-state index contributed by atoms with van der Waals surface area (Å²) < 4.78 is 29.9. The highest BCUT2D eigenvalue weighted by Crippen LogP contribution is 2.26. The molecule has 3 aromatic rings. The van der Waals surface area contributed by atoms with Crippen LogP contribution < -0.4 is 15.4 Å². The molecule has 0 aliphatic heterocycles. The Kier molecular flexibility index (Phi) is 7.00. The summed E-state index contributed by atoms with van der Waals surface area (Å²) in [6.07, 6.45) is 3.80. The van der Waals surface area contributed by atoms with Crippen LogP contribution in [0, 0.1) is 5.41 Å². The number of aromatic amines is 1. The van der Waals surface area contributed by atoms with Crippen LogP contribution >= 0.6 is 0 Å². The number of carbonyl (C=O) groups is 2. The van der Waals surface area contributed by atoms with E-state index in [4.69, 9.17) is 5.41 Å². The molecule has 3 rings (SSSR count). The standard InChI is InChI=1S/C22H24F2N6O3/c1-22(2,3)30-20(32)14-10-27-19-18(14)29-16(11-28-19)17(25)13-9-12(33-21(23)24)5-6-15(13)26-7-4-8-31/h5-6,8-11,21,25-26H,4,7H2,1-3H3,(H,27,28)(H,30,32). The van der Waals surface area contributed by atoms with Crippen LogP contribution in [0.15, 0.2) is 30.6 Å². The van der Waals surface area contributed by atoms with Crippen LogP contribution in [0.3, 0.4) is 0 Å². The van der Waals surface area contributed by atoms with Gasteiger partial charge in [0.2, 0.25) is 0 Å². The summed E-state index contributed by atoms with van der Waals surface area (Å²) in [5, 5.41) is 14.5. The molecular formula is C22H24F2N6O3. The van der Waals surface area contributed by atoms with Crippen molar-refractivity contribution >= 4 is 34.8 Å². The number of rotatable bonds is 9. The molecular weight excluding hydrogens is 434 g/mol. The van der Waals surface area contributed by atoms with E-state index in [0.29, 0.717) is 17.9 Å². The molecule has 9 nitrogen and oxygen atoms in total. The Bertz CT molecular complexity index is 1190. The molecule has 2 heterocycles. The van der Waals surface area contributed by atoms with Crippen molar-refractivity contribution < 1.29 is 23.1 Å². The molecule has 2 aromatic heterocycles. The van der Waals surface area contributed by atoms with Crippen molar-refractivity contribution in [3.63, 3.8) is 0 Å². The number of aromatic nitrogens is 3. The van der Waals surface area contributed by atoms with Gasteiger partial charge in [-0.05, 0) is 39.0 Å². The number of amides is 1. The van der Waals surface area contributed by atoms with Crippen molar-refractivity contribution in [1.29, 1.82) is 5.41 Å². The van der Waals surface area contributed by atoms with Crippen LogP contribution in [-0.4, -0.2) is 51.6 Å². The van der Waals surface area contributed by atoms with E-state index in [2.05, 4.69) is 30.3 Å². The summed E-state index contributed by atoms with van der Waals surface area (Å²) in [5.74, 6) is -0.484. The largest absolute Gasteiger partial charge is 0.435 e. The number of hydrogen-bond acceptors (Lipinski definition) is 7. The second-order valence-electron chi connectivity index (χ2n) is 8.20. The lowest BCUT2D eigenvalue weighted by atomic mass is 10.0. The highest BCUT2D eigenvalue weighted by Gasteiger charge is 2.21. The lowest BCUT2D eigenvalue weighted by Crippen LogP contribution is -2.40. The minimum absolute atomic E-state index is 0.124. The van der Waals surface area contributed by atoms with E-state index < -0.39 is 12.2 Å². The van der Waals surface area contributed by atoms with Crippen LogP contribution in [0.5, 0.6) is 5.75 Å². The predicted molar refractivity (Wildman–Crippen MR) is 119 cm³/mol. The minimum Gasteiger partial charge on any atom is -0.435 e. The van der Waals surface area contributed by atoms with E-state index in [1.54, 1.807) is 0 Å². The monoisotopic (exact) mass is 458 g/mol. The van der Waals surface area contributed by atoms with Gasteiger partial charge in [0.05, 0.1) is 17.5 Å². The van der Waals surface area contributed by atoms with Gasteiger partial charge >= 0.3 is 6.61 Å². The highest BCUT2D eigenvalue weighted by atomic mass is 19.3. The number of alkyl halides is 2. The molecule has 1 aromatic carbocycles. The van der Waals surface area contributed by atoms with Crippen LogP contribution in [0.4, 0.5) is 14.5 Å². The molecule has 1 amide bonds. The maximum atomic E-state index is 12.7. The van der Waals surface area contributed by atoms with E-state index >= 15 is 0 Å². The third-order valence-electron chi connectivity index (χ3n) is 4.43. The third kappa shape index (κ3) is 5.88. The molecule has 0 aliphatic carbocycles. The lowest BCUT2D eigenvalue weighted by Gasteiger charge is -2.20. The second-order valence-corrected chi connectivity index (χ2v) is 8.20. The van der Waals surface area contributed by atoms with E-state index in [1.807, 2.05) is 20.8 Å². The Balaban J connectivity index is 2.00. The van der Waals surface area contributed by atoms with Crippen molar-refractivity contribution in [2.75, 3.05) is 11.9 Å². The zero-order valence-corrected chi connectivity index (χ0v) is 18.3. The number of H-pyrrole nitrogens is 1. The van der Waals surface area contributed by atoms with Gasteiger partial charge in [-0.3, -0.25) is 10.2 Å². The molecule has 33 heavy (non-hydrogen) atoms. The Morgan fingerprint density at radius 2 is 2.06 bits per heavy atom. The first kappa shape index (κ1) is 23.8. The molecule has 0 saturated heterocycles. The van der Waals surface area contributed by atoms with Gasteiger partial charge in [0.25, 0.3) is 5.91 Å². The van der Waals surface area contributed by atoms with Crippen molar-refractivity contribution in [2.45, 2.75) is 39.3 Å². The number of nitrogens with zero attached hydrogens (tertiary/aromatic N) is 2. The second kappa shape index (κ2) is 9.72. The number of hydrogen-bond donors (Lipinski definition) is 4. The first-order valence-corrected chi connectivity index (χ1v) is 10.1. The van der Waals surface area contributed by atoms with Gasteiger partial charge in [-0.2, -0.15) is 8.78 Å². The maximum Gasteiger partial charge on any atom is 0.387 e. The molecule has 0 unspecified atom stereocenters. The number of benzene rings is 1. The van der Waals surface area contributed by atoms with Gasteiger partial charge in [0.15, 0.2) is 5.65 Å². The molecule has 0 bridgehead atoms. The topological polar surface area (TPSA) is 133 Å². The van der Waals surface area contributed by atoms with Crippen molar-refractivity contribution in [3.05, 3.63) is 47.4 Å². The van der Waals surface area contributed by atoms with Crippen molar-refractivity contribution in [1.82, 2.24) is 20.3 Å². The molecule has 0 atom stereocenters. The summed E-state index contributed by atoms with van der Waals surface area (Å²) in [5.41, 5.74) is 1.10. The lowest BCUT2D eigenvalue weighted by molar-refractivity contribution is -0.107. The fourth-order valence-corrected chi connectivity index (χ4v) is 3.06. The Morgan fingerprint density at radius 3 is 2.73 bits per heavy atom. The normalized spacial score (nSPS) is 11.5. The first-order chi connectivity index (χ1) is 15.6. The van der Waals surface area contributed by atoms with Gasteiger partial charge in [0.1, 0.15) is 23.2 Å². The zero-order chi connectivity index (χ0) is 24.2. The van der Waals surface area contributed by atoms with Crippen molar-refractivity contribution in [2.24, 2.45) is 0 Å². The fraction of sp³-hybridized carbons (Fsp3) is 0.318. The molecule has 0 aliphatic rings. The van der Waals surface area contributed by atoms with Crippen LogP contribution in [0.1, 0.15) is 48.8 Å². The minimum atomic E-state index is -3.03. The smallest absolute Gasteiger partial charge is 0.387 e. The zero-order valence-electron chi connectivity index (χ0n) is 18.3. The van der Waals surface area contributed by atoms with E-state index in [-0.39, 0.29) is 46.1 Å². The molecule has 11 heteroatoms. The van der Waals surface area contributed by atoms with Crippen molar-refractivity contribution in [3.8, 4) is 5.75 Å². The average Bonchev–Trinajstić information content (AvgIpc) is 3.16. The van der Waals surface area contributed by atoms with E-state index in [1.165, 1.54) is 30.6 Å². The van der Waals surface area contributed by atoms with Gasteiger partial charge < -0.3 is 25.1 Å². The molecule has 174 valence electrons. The average molecular weight is 458 g/mol. The SMILES string of the molecule is CC(C)(C)NC(=O)c1c[nH]c2ncc(C(=N)c3cc(OC(F)F)ccc3NCCC=O)nc12. The molecule has 0 spiro atoms. The van der Waals surface area contributed by atoms with Gasteiger partial charge in [-0.15, -0.1) is 0 Å². The molecule has 4 N–H and O–H groups in total. The molecule has 0 radical (unpaired) electrons. The van der Waals surface area contributed by atoms with E-state index in [9.17, 15) is 18.4 Å². The van der Waals surface area contributed by atoms with E-state index in [0.717, 1.165) is 6.29 Å². The van der Waals surface area contributed by atoms with Crippen LogP contribution in [-0.2, 0) is 4.79 Å².